The molecule has 1 aliphatic heterocycles. The summed E-state index contributed by atoms with van der Waals surface area (Å²) in [5, 5.41) is 12.5. The van der Waals surface area contributed by atoms with E-state index in [1.165, 1.54) is 10.8 Å². The van der Waals surface area contributed by atoms with Gasteiger partial charge >= 0.3 is 0 Å². The van der Waals surface area contributed by atoms with E-state index in [1.807, 2.05) is 24.1 Å². The van der Waals surface area contributed by atoms with E-state index in [0.29, 0.717) is 12.5 Å². The summed E-state index contributed by atoms with van der Waals surface area (Å²) >= 11 is 0. The number of carbonyl (C=O) groups excluding carboxylic acids is 1. The van der Waals surface area contributed by atoms with Crippen molar-refractivity contribution in [2.75, 3.05) is 13.6 Å². The van der Waals surface area contributed by atoms with Crippen LogP contribution in [0.1, 0.15) is 23.7 Å². The Bertz CT molecular complexity index is 800. The summed E-state index contributed by atoms with van der Waals surface area (Å²) in [5.74, 6) is 0.495. The lowest BCUT2D eigenvalue weighted by molar-refractivity contribution is -0.123. The molecule has 0 spiro atoms. The Morgan fingerprint density at radius 3 is 2.58 bits per heavy atom. The first-order valence-corrected chi connectivity index (χ1v) is 12.3. The zero-order valence-electron chi connectivity index (χ0n) is 14.9. The molecule has 3 aliphatic rings. The molecule has 1 heterocycles. The van der Waals surface area contributed by atoms with E-state index < -0.39 is 14.2 Å². The predicted molar refractivity (Wildman–Crippen MR) is 98.2 cm³/mol. The van der Waals surface area contributed by atoms with Crippen LogP contribution >= 0.6 is 0 Å². The molecule has 24 heavy (non-hydrogen) atoms. The summed E-state index contributed by atoms with van der Waals surface area (Å²) in [6.07, 6.45) is 1.35. The van der Waals surface area contributed by atoms with Crippen LogP contribution in [0.15, 0.2) is 46.2 Å². The molecule has 0 saturated carbocycles. The van der Waals surface area contributed by atoms with Gasteiger partial charge in [-0.15, -0.1) is 0 Å². The number of benzene rings is 1. The third-order valence-electron chi connectivity index (χ3n) is 5.81. The van der Waals surface area contributed by atoms with E-state index in [0.717, 1.165) is 35.1 Å². The maximum absolute atomic E-state index is 12.8. The molecule has 1 fully saturated rings. The van der Waals surface area contributed by atoms with Gasteiger partial charge in [-0.05, 0) is 41.0 Å². The molecule has 0 aromatic heterocycles. The molecular weight excluding hydrogens is 314 g/mol. The molecule has 1 saturated heterocycles. The highest BCUT2D eigenvalue weighted by Gasteiger charge is 2.45. The van der Waals surface area contributed by atoms with Gasteiger partial charge in [0.25, 0.3) is 5.91 Å². The van der Waals surface area contributed by atoms with Crippen LogP contribution in [-0.4, -0.2) is 37.6 Å². The number of allylic oxidation sites excluding steroid dienone is 1. The number of likely N-dealkylation sites (tertiary alicyclic amines) is 1. The lowest BCUT2D eigenvalue weighted by Crippen LogP contribution is -2.35. The lowest BCUT2D eigenvalue weighted by Gasteiger charge is -2.39. The van der Waals surface area contributed by atoms with Gasteiger partial charge < -0.3 is 10.0 Å². The summed E-state index contributed by atoms with van der Waals surface area (Å²) in [6, 6.07) is 8.22. The number of fused-ring (bicyclic) bond motifs is 3. The maximum atomic E-state index is 12.8. The first kappa shape index (κ1) is 15.9. The number of aliphatic hydroxyl groups excluding tert-OH is 1. The Hall–Kier alpha value is -1.65. The van der Waals surface area contributed by atoms with Crippen molar-refractivity contribution in [3.8, 4) is 0 Å². The Morgan fingerprint density at radius 1 is 1.17 bits per heavy atom. The zero-order valence-corrected chi connectivity index (χ0v) is 15.9. The van der Waals surface area contributed by atoms with Crippen molar-refractivity contribution in [2.24, 2.45) is 5.92 Å². The van der Waals surface area contributed by atoms with Gasteiger partial charge in [-0.2, -0.15) is 0 Å². The molecule has 2 atom stereocenters. The van der Waals surface area contributed by atoms with Crippen molar-refractivity contribution < 1.29 is 9.90 Å². The molecule has 1 aromatic rings. The Labute approximate surface area is 144 Å². The highest BCUT2D eigenvalue weighted by Crippen LogP contribution is 2.50. The lowest BCUT2D eigenvalue weighted by atomic mass is 9.71. The average Bonchev–Trinajstić information content (AvgIpc) is 2.81. The van der Waals surface area contributed by atoms with Gasteiger partial charge in [0.2, 0.25) is 0 Å². The molecular formula is C20H25NO2Si. The van der Waals surface area contributed by atoms with Crippen molar-refractivity contribution in [1.29, 1.82) is 0 Å². The molecule has 126 valence electrons. The number of rotatable bonds is 1. The standard InChI is InChI=1S/C20H25NO2Si/c1-21-11-15-17-13(9-12-7-5-6-8-14(12)19(17)22)10-16(24(2,3)4)18(15)20(21)23/h5-8,13,19,22H,9-11H2,1-4H3. The number of nitrogens with zero attached hydrogens (tertiary/aromatic N) is 1. The van der Waals surface area contributed by atoms with Gasteiger partial charge in [0.15, 0.2) is 0 Å². The molecule has 1 amide bonds. The third kappa shape index (κ3) is 2.16. The normalized spacial score (nSPS) is 26.5. The molecule has 0 bridgehead atoms. The van der Waals surface area contributed by atoms with Crippen molar-refractivity contribution in [3.63, 3.8) is 0 Å². The zero-order chi connectivity index (χ0) is 17.2. The number of likely N-dealkylation sites (N-methyl/N-ethyl adjacent to an activating group) is 1. The highest BCUT2D eigenvalue weighted by atomic mass is 28.3. The van der Waals surface area contributed by atoms with Crippen LogP contribution in [0.5, 0.6) is 0 Å². The van der Waals surface area contributed by atoms with Crippen molar-refractivity contribution >= 4 is 14.0 Å². The first-order valence-electron chi connectivity index (χ1n) is 8.77. The van der Waals surface area contributed by atoms with Crippen LogP contribution in [0.4, 0.5) is 0 Å². The van der Waals surface area contributed by atoms with E-state index in [1.54, 1.807) is 0 Å². The summed E-state index contributed by atoms with van der Waals surface area (Å²) in [4.78, 5) is 14.6. The minimum atomic E-state index is -1.59. The predicted octanol–water partition coefficient (Wildman–Crippen LogP) is 3.24. The molecule has 1 aromatic carbocycles. The summed E-state index contributed by atoms with van der Waals surface area (Å²) in [5.41, 5.74) is 5.47. The Morgan fingerprint density at radius 2 is 1.88 bits per heavy atom. The topological polar surface area (TPSA) is 40.5 Å². The molecule has 1 N–H and O–H groups in total. The van der Waals surface area contributed by atoms with Crippen molar-refractivity contribution in [3.05, 3.63) is 57.3 Å². The van der Waals surface area contributed by atoms with Crippen LogP contribution in [0, 0.1) is 5.92 Å². The van der Waals surface area contributed by atoms with Crippen molar-refractivity contribution in [2.45, 2.75) is 38.6 Å². The van der Waals surface area contributed by atoms with Crippen LogP contribution in [0.25, 0.3) is 0 Å². The number of hydrogen-bond donors (Lipinski definition) is 1. The minimum absolute atomic E-state index is 0.152. The molecule has 2 unspecified atom stereocenters. The number of carbonyl (C=O) groups is 1. The van der Waals surface area contributed by atoms with Crippen molar-refractivity contribution in [1.82, 2.24) is 4.90 Å². The van der Waals surface area contributed by atoms with Gasteiger partial charge in [0.1, 0.15) is 6.10 Å². The van der Waals surface area contributed by atoms with E-state index in [-0.39, 0.29) is 5.91 Å². The van der Waals surface area contributed by atoms with Crippen LogP contribution in [0.2, 0.25) is 19.6 Å². The SMILES string of the molecule is CN1CC2=C3C(CC([Si](C)(C)C)=C2C1=O)Cc1ccccc1C3O. The number of hydrogen-bond acceptors (Lipinski definition) is 2. The van der Waals surface area contributed by atoms with Gasteiger partial charge in [-0.1, -0.05) is 49.1 Å². The van der Waals surface area contributed by atoms with Gasteiger partial charge in [-0.3, -0.25) is 4.79 Å². The first-order chi connectivity index (χ1) is 11.3. The molecule has 3 nitrogen and oxygen atoms in total. The molecule has 2 aliphatic carbocycles. The van der Waals surface area contributed by atoms with E-state index >= 15 is 0 Å². The van der Waals surface area contributed by atoms with Gasteiger partial charge in [0.05, 0.1) is 8.07 Å². The smallest absolute Gasteiger partial charge is 0.253 e. The summed E-state index contributed by atoms with van der Waals surface area (Å²) in [6.45, 7) is 7.64. The summed E-state index contributed by atoms with van der Waals surface area (Å²) in [7, 11) is 0.289. The second-order valence-corrected chi connectivity index (χ2v) is 13.5. The maximum Gasteiger partial charge on any atom is 0.253 e. The van der Waals surface area contributed by atoms with Crippen LogP contribution in [-0.2, 0) is 11.2 Å². The molecule has 4 rings (SSSR count). The largest absolute Gasteiger partial charge is 0.384 e. The van der Waals surface area contributed by atoms with E-state index in [9.17, 15) is 9.90 Å². The van der Waals surface area contributed by atoms with Gasteiger partial charge in [0, 0.05) is 19.2 Å². The highest BCUT2D eigenvalue weighted by molar-refractivity contribution is 6.83. The third-order valence-corrected chi connectivity index (χ3v) is 8.08. The monoisotopic (exact) mass is 339 g/mol. The molecule has 4 heteroatoms. The fourth-order valence-corrected chi connectivity index (χ4v) is 6.50. The quantitative estimate of drug-likeness (QED) is 0.798. The number of aliphatic hydroxyl groups is 1. The second kappa shape index (κ2) is 5.17. The molecule has 0 radical (unpaired) electrons. The van der Waals surface area contributed by atoms with Gasteiger partial charge in [-0.25, -0.2) is 0 Å². The second-order valence-electron chi connectivity index (χ2n) is 8.41. The van der Waals surface area contributed by atoms with Crippen LogP contribution < -0.4 is 0 Å². The van der Waals surface area contributed by atoms with E-state index in [2.05, 4.69) is 31.8 Å². The minimum Gasteiger partial charge on any atom is -0.384 e. The summed E-state index contributed by atoms with van der Waals surface area (Å²) < 4.78 is 0. The number of amides is 1. The fraction of sp³-hybridized carbons (Fsp3) is 0.450. The van der Waals surface area contributed by atoms with E-state index in [4.69, 9.17) is 0 Å². The average molecular weight is 340 g/mol. The van der Waals surface area contributed by atoms with Crippen LogP contribution in [0.3, 0.4) is 0 Å². The fourth-order valence-electron chi connectivity index (χ4n) is 4.63. The Kier molecular flexibility index (Phi) is 3.41. The Balaban J connectivity index is 1.94.